The van der Waals surface area contributed by atoms with Gasteiger partial charge in [-0.15, -0.1) is 13.2 Å². The fraction of sp³-hybridized carbons (Fsp3) is 0.217. The van der Waals surface area contributed by atoms with Crippen molar-refractivity contribution >= 4 is 9.24 Å². The third-order valence-electron chi connectivity index (χ3n) is 4.96. The molecule has 0 saturated heterocycles. The van der Waals surface area contributed by atoms with Crippen molar-refractivity contribution in [2.45, 2.75) is 24.0 Å². The molecule has 0 saturated carbocycles. The standard InChI is InChI=1S/C23H21F5NO2P/c24-22(25,26)30-19-10-4-8-17(12-19)21(15-29,14-16-6-2-1-3-7-16)18-9-5-11-20(13-18)31-23(27,28)32/h1-13H,14-15,29,32H2. The second-order valence-electron chi connectivity index (χ2n) is 7.22. The third-order valence-corrected chi connectivity index (χ3v) is 5.08. The summed E-state index contributed by atoms with van der Waals surface area (Å²) in [6, 6.07) is 20.7. The molecule has 170 valence electrons. The predicted octanol–water partition coefficient (Wildman–Crippen LogP) is 5.88. The number of rotatable bonds is 8. The van der Waals surface area contributed by atoms with Gasteiger partial charge in [0.25, 0.3) is 0 Å². The lowest BCUT2D eigenvalue weighted by Crippen LogP contribution is -2.39. The predicted molar refractivity (Wildman–Crippen MR) is 115 cm³/mol. The quantitative estimate of drug-likeness (QED) is 0.331. The number of halogens is 5. The van der Waals surface area contributed by atoms with Gasteiger partial charge in [0.05, 0.1) is 0 Å². The van der Waals surface area contributed by atoms with Crippen molar-refractivity contribution < 1.29 is 31.4 Å². The molecule has 0 aliphatic carbocycles. The minimum atomic E-state index is -4.86. The molecule has 0 aliphatic heterocycles. The minimum Gasteiger partial charge on any atom is -0.430 e. The van der Waals surface area contributed by atoms with Gasteiger partial charge >= 0.3 is 12.2 Å². The fourth-order valence-electron chi connectivity index (χ4n) is 3.63. The van der Waals surface area contributed by atoms with Crippen LogP contribution in [0.4, 0.5) is 22.0 Å². The maximum Gasteiger partial charge on any atom is 0.573 e. The van der Waals surface area contributed by atoms with E-state index in [-0.39, 0.29) is 12.3 Å². The van der Waals surface area contributed by atoms with E-state index in [1.807, 2.05) is 30.3 Å². The van der Waals surface area contributed by atoms with Gasteiger partial charge in [0.15, 0.2) is 0 Å². The van der Waals surface area contributed by atoms with E-state index in [2.05, 4.69) is 9.47 Å². The Balaban J connectivity index is 2.14. The van der Waals surface area contributed by atoms with Crippen LogP contribution in [-0.4, -0.2) is 18.8 Å². The zero-order valence-electron chi connectivity index (χ0n) is 16.8. The summed E-state index contributed by atoms with van der Waals surface area (Å²) in [5.74, 6) is -3.98. The number of ether oxygens (including phenoxy) is 2. The lowest BCUT2D eigenvalue weighted by molar-refractivity contribution is -0.274. The van der Waals surface area contributed by atoms with Crippen LogP contribution in [0.3, 0.4) is 0 Å². The highest BCUT2D eigenvalue weighted by Crippen LogP contribution is 2.39. The smallest absolute Gasteiger partial charge is 0.430 e. The van der Waals surface area contributed by atoms with Crippen LogP contribution in [0.15, 0.2) is 78.9 Å². The van der Waals surface area contributed by atoms with Crippen LogP contribution in [-0.2, 0) is 11.8 Å². The lowest BCUT2D eigenvalue weighted by atomic mass is 9.70. The van der Waals surface area contributed by atoms with Gasteiger partial charge in [-0.1, -0.05) is 54.6 Å². The van der Waals surface area contributed by atoms with Crippen molar-refractivity contribution in [3.05, 3.63) is 95.6 Å². The molecule has 0 bridgehead atoms. The molecule has 3 nitrogen and oxygen atoms in total. The molecule has 9 heteroatoms. The number of benzene rings is 3. The zero-order valence-corrected chi connectivity index (χ0v) is 17.9. The van der Waals surface area contributed by atoms with Gasteiger partial charge in [0, 0.05) is 12.0 Å². The Morgan fingerprint density at radius 2 is 1.25 bits per heavy atom. The second kappa shape index (κ2) is 9.43. The van der Waals surface area contributed by atoms with Crippen LogP contribution >= 0.6 is 9.24 Å². The van der Waals surface area contributed by atoms with Crippen molar-refractivity contribution in [2.75, 3.05) is 6.54 Å². The average Bonchev–Trinajstić information content (AvgIpc) is 2.71. The summed E-state index contributed by atoms with van der Waals surface area (Å²) in [7, 11) is 1.30. The Morgan fingerprint density at radius 3 is 1.72 bits per heavy atom. The normalized spacial score (nSPS) is 14.0. The first-order chi connectivity index (χ1) is 15.0. The first-order valence-corrected chi connectivity index (χ1v) is 10.1. The molecule has 0 aromatic heterocycles. The molecule has 2 atom stereocenters. The Labute approximate surface area is 184 Å². The van der Waals surface area contributed by atoms with Gasteiger partial charge in [-0.2, -0.15) is 8.78 Å². The molecule has 0 fully saturated rings. The van der Waals surface area contributed by atoms with Gasteiger partial charge in [0.1, 0.15) is 11.5 Å². The van der Waals surface area contributed by atoms with E-state index in [4.69, 9.17) is 5.73 Å². The summed E-state index contributed by atoms with van der Waals surface area (Å²) in [6.45, 7) is -0.0158. The molecule has 0 aliphatic rings. The molecular weight excluding hydrogens is 448 g/mol. The van der Waals surface area contributed by atoms with Crippen molar-refractivity contribution in [1.82, 2.24) is 0 Å². The Morgan fingerprint density at radius 1 is 0.719 bits per heavy atom. The molecule has 3 rings (SSSR count). The Hall–Kier alpha value is -2.70. The van der Waals surface area contributed by atoms with Crippen LogP contribution in [0.2, 0.25) is 0 Å². The molecule has 0 spiro atoms. The van der Waals surface area contributed by atoms with Gasteiger partial charge < -0.3 is 15.2 Å². The summed E-state index contributed by atoms with van der Waals surface area (Å²) in [4.78, 5) is 0. The van der Waals surface area contributed by atoms with E-state index in [9.17, 15) is 22.0 Å². The summed E-state index contributed by atoms with van der Waals surface area (Å²) in [5.41, 5.74) is 7.00. The number of hydrogen-bond acceptors (Lipinski definition) is 3. The molecule has 0 amide bonds. The molecule has 0 heterocycles. The van der Waals surface area contributed by atoms with Crippen LogP contribution < -0.4 is 15.2 Å². The lowest BCUT2D eigenvalue weighted by Gasteiger charge is -2.35. The molecule has 3 aromatic carbocycles. The van der Waals surface area contributed by atoms with Crippen LogP contribution in [0.25, 0.3) is 0 Å². The Kier molecular flexibility index (Phi) is 7.06. The maximum atomic E-state index is 13.4. The summed E-state index contributed by atoms with van der Waals surface area (Å²) < 4.78 is 73.9. The van der Waals surface area contributed by atoms with Crippen molar-refractivity contribution in [3.8, 4) is 11.5 Å². The van der Waals surface area contributed by atoms with E-state index in [0.717, 1.165) is 5.56 Å². The van der Waals surface area contributed by atoms with E-state index >= 15 is 0 Å². The van der Waals surface area contributed by atoms with E-state index < -0.39 is 23.4 Å². The fourth-order valence-corrected chi connectivity index (χ4v) is 3.76. The van der Waals surface area contributed by atoms with Gasteiger partial charge in [-0.3, -0.25) is 0 Å². The van der Waals surface area contributed by atoms with Crippen LogP contribution in [0.5, 0.6) is 11.5 Å². The molecule has 32 heavy (non-hydrogen) atoms. The zero-order chi connectivity index (χ0) is 23.4. The van der Waals surface area contributed by atoms with Crippen molar-refractivity contribution in [2.24, 2.45) is 5.73 Å². The van der Waals surface area contributed by atoms with E-state index in [0.29, 0.717) is 17.5 Å². The molecule has 2 unspecified atom stereocenters. The number of alkyl halides is 5. The number of nitrogens with two attached hydrogens (primary N) is 1. The van der Waals surface area contributed by atoms with Gasteiger partial charge in [-0.25, -0.2) is 0 Å². The average molecular weight is 469 g/mol. The first kappa shape index (κ1) is 24.0. The highest BCUT2D eigenvalue weighted by atomic mass is 31.0. The Bertz CT molecular complexity index is 979. The van der Waals surface area contributed by atoms with E-state index in [1.54, 1.807) is 12.1 Å². The summed E-state index contributed by atoms with van der Waals surface area (Å²) in [5, 5.41) is 0. The topological polar surface area (TPSA) is 44.5 Å². The second-order valence-corrected chi connectivity index (χ2v) is 7.89. The SMILES string of the molecule is NCC(Cc1ccccc1)(c1cccc(OC(F)(F)F)c1)c1cccc(OC(F)(F)P)c1. The highest BCUT2D eigenvalue weighted by Gasteiger charge is 2.36. The largest absolute Gasteiger partial charge is 0.573 e. The van der Waals surface area contributed by atoms with Crippen molar-refractivity contribution in [1.29, 1.82) is 0 Å². The summed E-state index contributed by atoms with van der Waals surface area (Å²) >= 11 is 0. The number of hydrogen-bond donors (Lipinski definition) is 1. The molecule has 0 radical (unpaired) electrons. The van der Waals surface area contributed by atoms with Crippen LogP contribution in [0.1, 0.15) is 16.7 Å². The van der Waals surface area contributed by atoms with Crippen LogP contribution in [0, 0.1) is 0 Å². The monoisotopic (exact) mass is 469 g/mol. The molecule has 2 N–H and O–H groups in total. The maximum absolute atomic E-state index is 13.4. The van der Waals surface area contributed by atoms with E-state index in [1.165, 1.54) is 45.6 Å². The molecule has 3 aromatic rings. The first-order valence-electron chi connectivity index (χ1n) is 9.57. The van der Waals surface area contributed by atoms with Gasteiger partial charge in [-0.05, 0) is 56.6 Å². The van der Waals surface area contributed by atoms with Gasteiger partial charge in [0.2, 0.25) is 0 Å². The molecular formula is C23H21F5NO2P. The van der Waals surface area contributed by atoms with Crippen molar-refractivity contribution in [3.63, 3.8) is 0 Å². The third kappa shape index (κ3) is 6.17. The summed E-state index contributed by atoms with van der Waals surface area (Å²) in [6.07, 6.45) is -4.55. The highest BCUT2D eigenvalue weighted by molar-refractivity contribution is 7.17. The minimum absolute atomic E-state index is 0.0158.